The van der Waals surface area contributed by atoms with E-state index in [0.717, 1.165) is 0 Å². The molecule has 2 aromatic rings. The largest absolute Gasteiger partial charge is 0.496 e. The third-order valence-corrected chi connectivity index (χ3v) is 2.27. The maximum Gasteiger partial charge on any atom is 0.286 e. The molecule has 18 heavy (non-hydrogen) atoms. The average Bonchev–Trinajstić information content (AvgIpc) is 2.38. The van der Waals surface area contributed by atoms with Gasteiger partial charge in [0, 0.05) is 0 Å². The van der Waals surface area contributed by atoms with Crippen LogP contribution in [0.3, 0.4) is 0 Å². The van der Waals surface area contributed by atoms with Crippen molar-refractivity contribution in [2.45, 2.75) is 0 Å². The topological polar surface area (TPSA) is 78.1 Å². The monoisotopic (exact) mass is 246 g/mol. The van der Waals surface area contributed by atoms with E-state index in [4.69, 9.17) is 10.5 Å². The SMILES string of the molecule is COc1cccc(F)c1-c1c[c]nc(C(N)=O)n1. The summed E-state index contributed by atoms with van der Waals surface area (Å²) in [7, 11) is 1.41. The summed E-state index contributed by atoms with van der Waals surface area (Å²) in [5.41, 5.74) is 5.39. The molecule has 0 aliphatic heterocycles. The number of methoxy groups -OCH3 is 1. The van der Waals surface area contributed by atoms with Crippen LogP contribution in [-0.4, -0.2) is 23.0 Å². The molecule has 1 amide bonds. The van der Waals surface area contributed by atoms with Gasteiger partial charge < -0.3 is 10.5 Å². The first-order valence-corrected chi connectivity index (χ1v) is 5.01. The molecule has 1 aromatic heterocycles. The number of carbonyl (C=O) groups excluding carboxylic acids is 1. The third-order valence-electron chi connectivity index (χ3n) is 2.27. The molecule has 2 N–H and O–H groups in total. The van der Waals surface area contributed by atoms with Crippen LogP contribution < -0.4 is 10.5 Å². The Hall–Kier alpha value is -2.50. The molecule has 1 aromatic carbocycles. The molecule has 0 saturated carbocycles. The second-order valence-electron chi connectivity index (χ2n) is 3.39. The number of carbonyl (C=O) groups is 1. The fraction of sp³-hybridized carbons (Fsp3) is 0.0833. The molecule has 2 rings (SSSR count). The van der Waals surface area contributed by atoms with Gasteiger partial charge in [0.2, 0.25) is 5.82 Å². The Labute approximate surface area is 102 Å². The molecular formula is C12H9FN3O2. The molecular weight excluding hydrogens is 237 g/mol. The first-order valence-electron chi connectivity index (χ1n) is 5.01. The van der Waals surface area contributed by atoms with Crippen molar-refractivity contribution >= 4 is 5.91 Å². The lowest BCUT2D eigenvalue weighted by Gasteiger charge is -2.08. The summed E-state index contributed by atoms with van der Waals surface area (Å²) < 4.78 is 18.8. The zero-order valence-corrected chi connectivity index (χ0v) is 9.48. The maximum atomic E-state index is 13.8. The van der Waals surface area contributed by atoms with Crippen LogP contribution in [0.1, 0.15) is 10.6 Å². The van der Waals surface area contributed by atoms with Crippen molar-refractivity contribution in [2.75, 3.05) is 7.11 Å². The molecule has 0 saturated heterocycles. The Balaban J connectivity index is 2.61. The van der Waals surface area contributed by atoms with Gasteiger partial charge in [0.15, 0.2) is 0 Å². The van der Waals surface area contributed by atoms with Gasteiger partial charge >= 0.3 is 0 Å². The number of aromatic nitrogens is 2. The van der Waals surface area contributed by atoms with Crippen LogP contribution in [0, 0.1) is 12.0 Å². The minimum absolute atomic E-state index is 0.140. The van der Waals surface area contributed by atoms with E-state index in [1.54, 1.807) is 6.07 Å². The molecule has 91 valence electrons. The molecule has 0 aliphatic carbocycles. The summed E-state index contributed by atoms with van der Waals surface area (Å²) in [6.07, 6.45) is 2.45. The number of halogens is 1. The van der Waals surface area contributed by atoms with E-state index in [1.165, 1.54) is 25.3 Å². The highest BCUT2D eigenvalue weighted by atomic mass is 19.1. The van der Waals surface area contributed by atoms with Crippen molar-refractivity contribution in [1.29, 1.82) is 0 Å². The summed E-state index contributed by atoms with van der Waals surface area (Å²) in [6, 6.07) is 5.72. The van der Waals surface area contributed by atoms with Gasteiger partial charge in [-0.3, -0.25) is 4.79 Å². The van der Waals surface area contributed by atoms with Gasteiger partial charge in [-0.05, 0) is 18.2 Å². The van der Waals surface area contributed by atoms with Gasteiger partial charge in [-0.25, -0.2) is 14.4 Å². The summed E-state index contributed by atoms with van der Waals surface area (Å²) in [5, 5.41) is 0. The number of hydrogen-bond donors (Lipinski definition) is 1. The molecule has 1 heterocycles. The normalized spacial score (nSPS) is 10.1. The molecule has 5 nitrogen and oxygen atoms in total. The van der Waals surface area contributed by atoms with Gasteiger partial charge in [-0.1, -0.05) is 6.07 Å². The minimum Gasteiger partial charge on any atom is -0.496 e. The predicted octanol–water partition coefficient (Wildman–Crippen LogP) is 1.19. The zero-order valence-electron chi connectivity index (χ0n) is 9.48. The van der Waals surface area contributed by atoms with Crippen LogP contribution in [0.2, 0.25) is 0 Å². The first-order chi connectivity index (χ1) is 8.63. The Kier molecular flexibility index (Phi) is 3.18. The molecule has 6 heteroatoms. The first kappa shape index (κ1) is 12.0. The average molecular weight is 246 g/mol. The van der Waals surface area contributed by atoms with Crippen LogP contribution in [-0.2, 0) is 0 Å². The van der Waals surface area contributed by atoms with E-state index in [2.05, 4.69) is 16.2 Å². The molecule has 0 fully saturated rings. The number of ether oxygens (including phenoxy) is 1. The van der Waals surface area contributed by atoms with Gasteiger partial charge in [0.25, 0.3) is 5.91 Å². The summed E-state index contributed by atoms with van der Waals surface area (Å²) in [5.74, 6) is -1.24. The van der Waals surface area contributed by atoms with E-state index < -0.39 is 11.7 Å². The van der Waals surface area contributed by atoms with Crippen molar-refractivity contribution < 1.29 is 13.9 Å². The summed E-state index contributed by atoms with van der Waals surface area (Å²) in [4.78, 5) is 18.4. The standard InChI is InChI=1S/C12H9FN3O2/c1-18-9-4-2-3-7(13)10(9)8-5-6-15-12(16-8)11(14)17/h2-5H,1H3,(H2,14,17). The molecule has 1 radical (unpaired) electrons. The number of nitrogens with zero attached hydrogens (tertiary/aromatic N) is 2. The smallest absolute Gasteiger partial charge is 0.286 e. The second kappa shape index (κ2) is 4.79. The van der Waals surface area contributed by atoms with E-state index in [-0.39, 0.29) is 17.1 Å². The summed E-state index contributed by atoms with van der Waals surface area (Å²) in [6.45, 7) is 0. The number of nitrogens with two attached hydrogens (primary N) is 1. The lowest BCUT2D eigenvalue weighted by molar-refractivity contribution is 0.0990. The molecule has 0 aliphatic rings. The van der Waals surface area contributed by atoms with Crippen LogP contribution >= 0.6 is 0 Å². The minimum atomic E-state index is -0.802. The van der Waals surface area contributed by atoms with Crippen LogP contribution in [0.5, 0.6) is 5.75 Å². The van der Waals surface area contributed by atoms with Crippen molar-refractivity contribution in [1.82, 2.24) is 9.97 Å². The predicted molar refractivity (Wildman–Crippen MR) is 61.3 cm³/mol. The number of primary amides is 1. The molecule has 0 unspecified atom stereocenters. The lowest BCUT2D eigenvalue weighted by atomic mass is 10.1. The van der Waals surface area contributed by atoms with E-state index >= 15 is 0 Å². The number of benzene rings is 1. The Morgan fingerprint density at radius 1 is 1.50 bits per heavy atom. The third kappa shape index (κ3) is 2.13. The van der Waals surface area contributed by atoms with Crippen molar-refractivity contribution in [3.05, 3.63) is 42.1 Å². The van der Waals surface area contributed by atoms with E-state index in [9.17, 15) is 9.18 Å². The fourth-order valence-corrected chi connectivity index (χ4v) is 1.49. The van der Waals surface area contributed by atoms with Crippen LogP contribution in [0.25, 0.3) is 11.3 Å². The number of rotatable bonds is 3. The van der Waals surface area contributed by atoms with Crippen molar-refractivity contribution in [3.8, 4) is 17.0 Å². The van der Waals surface area contributed by atoms with Gasteiger partial charge in [-0.15, -0.1) is 0 Å². The van der Waals surface area contributed by atoms with E-state index in [0.29, 0.717) is 5.75 Å². The van der Waals surface area contributed by atoms with Gasteiger partial charge in [0.1, 0.15) is 11.6 Å². The maximum absolute atomic E-state index is 13.8. The molecule has 0 atom stereocenters. The highest BCUT2D eigenvalue weighted by Gasteiger charge is 2.15. The number of hydrogen-bond acceptors (Lipinski definition) is 4. The quantitative estimate of drug-likeness (QED) is 0.882. The highest BCUT2D eigenvalue weighted by Crippen LogP contribution is 2.30. The number of amides is 1. The Morgan fingerprint density at radius 3 is 2.94 bits per heavy atom. The Bertz CT molecular complexity index is 602. The van der Waals surface area contributed by atoms with Crippen LogP contribution in [0.15, 0.2) is 24.3 Å². The van der Waals surface area contributed by atoms with Crippen molar-refractivity contribution in [2.24, 2.45) is 5.73 Å². The van der Waals surface area contributed by atoms with Gasteiger partial charge in [0.05, 0.1) is 24.6 Å². The summed E-state index contributed by atoms with van der Waals surface area (Å²) >= 11 is 0. The fourth-order valence-electron chi connectivity index (χ4n) is 1.49. The highest BCUT2D eigenvalue weighted by molar-refractivity contribution is 5.89. The van der Waals surface area contributed by atoms with Gasteiger partial charge in [-0.2, -0.15) is 0 Å². The zero-order chi connectivity index (χ0) is 13.1. The molecule has 0 bridgehead atoms. The van der Waals surface area contributed by atoms with Crippen molar-refractivity contribution in [3.63, 3.8) is 0 Å². The van der Waals surface area contributed by atoms with E-state index in [1.807, 2.05) is 0 Å². The molecule has 0 spiro atoms. The second-order valence-corrected chi connectivity index (χ2v) is 3.39. The van der Waals surface area contributed by atoms with Crippen LogP contribution in [0.4, 0.5) is 4.39 Å². The lowest BCUT2D eigenvalue weighted by Crippen LogP contribution is -2.15. The Morgan fingerprint density at radius 2 is 2.28 bits per heavy atom.